The van der Waals surface area contributed by atoms with Crippen molar-refractivity contribution in [2.75, 3.05) is 38.5 Å². The predicted molar refractivity (Wildman–Crippen MR) is 105 cm³/mol. The molecule has 1 aliphatic heterocycles. The van der Waals surface area contributed by atoms with Gasteiger partial charge >= 0.3 is 0 Å². The van der Waals surface area contributed by atoms with Gasteiger partial charge in [0.2, 0.25) is 5.91 Å². The molecular formula is C18H28FN5OS. The van der Waals surface area contributed by atoms with Crippen LogP contribution in [-0.2, 0) is 4.79 Å². The SMILES string of the molecule is CCNC(=NCCSc1ccccc1F)NC1CCN(CC(N)=O)CC1. The highest BCUT2D eigenvalue weighted by molar-refractivity contribution is 7.99. The monoisotopic (exact) mass is 381 g/mol. The molecule has 1 saturated heterocycles. The van der Waals surface area contributed by atoms with Crippen LogP contribution in [0, 0.1) is 5.82 Å². The molecule has 1 aliphatic rings. The lowest BCUT2D eigenvalue weighted by molar-refractivity contribution is -0.119. The third kappa shape index (κ3) is 7.21. The summed E-state index contributed by atoms with van der Waals surface area (Å²) >= 11 is 1.47. The predicted octanol–water partition coefficient (Wildman–Crippen LogP) is 1.42. The van der Waals surface area contributed by atoms with Crippen molar-refractivity contribution in [3.05, 3.63) is 30.1 Å². The van der Waals surface area contributed by atoms with E-state index in [0.29, 0.717) is 29.8 Å². The number of nitrogens with two attached hydrogens (primary N) is 1. The first-order valence-corrected chi connectivity index (χ1v) is 10.00. The van der Waals surface area contributed by atoms with Crippen LogP contribution in [0.5, 0.6) is 0 Å². The Balaban J connectivity index is 1.76. The fraction of sp³-hybridized carbons (Fsp3) is 0.556. The lowest BCUT2D eigenvalue weighted by Crippen LogP contribution is -2.49. The minimum Gasteiger partial charge on any atom is -0.369 e. The van der Waals surface area contributed by atoms with Crippen LogP contribution in [0.25, 0.3) is 0 Å². The average Bonchev–Trinajstić information content (AvgIpc) is 2.61. The maximum absolute atomic E-state index is 13.6. The zero-order valence-electron chi connectivity index (χ0n) is 15.2. The van der Waals surface area contributed by atoms with Crippen molar-refractivity contribution in [1.82, 2.24) is 15.5 Å². The summed E-state index contributed by atoms with van der Waals surface area (Å²) in [5.74, 6) is 1.04. The maximum atomic E-state index is 13.6. The lowest BCUT2D eigenvalue weighted by Gasteiger charge is -2.32. The zero-order chi connectivity index (χ0) is 18.8. The number of carbonyl (C=O) groups is 1. The Labute approximate surface area is 158 Å². The van der Waals surface area contributed by atoms with Crippen molar-refractivity contribution < 1.29 is 9.18 Å². The van der Waals surface area contributed by atoms with Gasteiger partial charge in [-0.2, -0.15) is 0 Å². The third-order valence-corrected chi connectivity index (χ3v) is 5.14. The standard InChI is InChI=1S/C18H28FN5OS/c1-2-21-18(22-9-12-26-16-6-4-3-5-15(16)19)23-14-7-10-24(11-8-14)13-17(20)25/h3-6,14H,2,7-13H2,1H3,(H2,20,25)(H2,21,22,23). The van der Waals surface area contributed by atoms with E-state index in [4.69, 9.17) is 5.73 Å². The highest BCUT2D eigenvalue weighted by atomic mass is 32.2. The number of aliphatic imine (C=N–C) groups is 1. The molecule has 144 valence electrons. The largest absolute Gasteiger partial charge is 0.369 e. The minimum absolute atomic E-state index is 0.186. The molecule has 1 amide bonds. The topological polar surface area (TPSA) is 82.8 Å². The van der Waals surface area contributed by atoms with Crippen LogP contribution in [0.15, 0.2) is 34.2 Å². The van der Waals surface area contributed by atoms with Gasteiger partial charge in [0, 0.05) is 36.3 Å². The molecule has 8 heteroatoms. The Morgan fingerprint density at radius 3 is 2.77 bits per heavy atom. The maximum Gasteiger partial charge on any atom is 0.231 e. The van der Waals surface area contributed by atoms with E-state index in [1.54, 1.807) is 12.1 Å². The van der Waals surface area contributed by atoms with Gasteiger partial charge in [0.1, 0.15) is 5.82 Å². The lowest BCUT2D eigenvalue weighted by atomic mass is 10.1. The van der Waals surface area contributed by atoms with E-state index in [1.165, 1.54) is 17.8 Å². The van der Waals surface area contributed by atoms with E-state index in [2.05, 4.69) is 20.5 Å². The summed E-state index contributed by atoms with van der Waals surface area (Å²) in [7, 11) is 0. The molecular weight excluding hydrogens is 353 g/mol. The van der Waals surface area contributed by atoms with Crippen molar-refractivity contribution in [2.24, 2.45) is 10.7 Å². The molecule has 1 fully saturated rings. The highest BCUT2D eigenvalue weighted by Crippen LogP contribution is 2.20. The Morgan fingerprint density at radius 2 is 2.12 bits per heavy atom. The molecule has 0 aliphatic carbocycles. The second kappa shape index (κ2) is 11.0. The van der Waals surface area contributed by atoms with E-state index >= 15 is 0 Å². The number of nitrogens with one attached hydrogen (secondary N) is 2. The summed E-state index contributed by atoms with van der Waals surface area (Å²) in [4.78, 5) is 18.3. The Morgan fingerprint density at radius 1 is 1.38 bits per heavy atom. The molecule has 2 rings (SSSR count). The third-order valence-electron chi connectivity index (χ3n) is 4.11. The number of hydrogen-bond acceptors (Lipinski definition) is 4. The number of benzene rings is 1. The van der Waals surface area contributed by atoms with E-state index in [0.717, 1.165) is 38.4 Å². The number of piperidine rings is 1. The first-order chi connectivity index (χ1) is 12.6. The molecule has 1 aromatic carbocycles. The van der Waals surface area contributed by atoms with Crippen LogP contribution in [0.3, 0.4) is 0 Å². The molecule has 0 bridgehead atoms. The van der Waals surface area contributed by atoms with Gasteiger partial charge in [-0.25, -0.2) is 4.39 Å². The first kappa shape index (κ1) is 20.5. The number of likely N-dealkylation sites (tertiary alicyclic amines) is 1. The van der Waals surface area contributed by atoms with Gasteiger partial charge in [-0.05, 0) is 31.9 Å². The summed E-state index contributed by atoms with van der Waals surface area (Å²) in [6.07, 6.45) is 1.89. The molecule has 4 N–H and O–H groups in total. The van der Waals surface area contributed by atoms with Crippen molar-refractivity contribution in [2.45, 2.75) is 30.7 Å². The van der Waals surface area contributed by atoms with E-state index in [-0.39, 0.29) is 11.7 Å². The molecule has 0 spiro atoms. The number of thioether (sulfide) groups is 1. The number of hydrogen-bond donors (Lipinski definition) is 3. The van der Waals surface area contributed by atoms with Gasteiger partial charge in [0.15, 0.2) is 5.96 Å². The van der Waals surface area contributed by atoms with Crippen LogP contribution in [-0.4, -0.2) is 61.3 Å². The van der Waals surface area contributed by atoms with Crippen molar-refractivity contribution in [1.29, 1.82) is 0 Å². The van der Waals surface area contributed by atoms with Crippen LogP contribution < -0.4 is 16.4 Å². The molecule has 0 atom stereocenters. The normalized spacial score (nSPS) is 16.5. The Kier molecular flexibility index (Phi) is 8.70. The second-order valence-corrected chi connectivity index (χ2v) is 7.34. The first-order valence-electron chi connectivity index (χ1n) is 9.01. The molecule has 0 unspecified atom stereocenters. The molecule has 6 nitrogen and oxygen atoms in total. The van der Waals surface area contributed by atoms with Crippen LogP contribution in [0.2, 0.25) is 0 Å². The molecule has 26 heavy (non-hydrogen) atoms. The number of amides is 1. The molecule has 0 saturated carbocycles. The van der Waals surface area contributed by atoms with Gasteiger partial charge in [0.05, 0.1) is 13.1 Å². The van der Waals surface area contributed by atoms with E-state index in [9.17, 15) is 9.18 Å². The molecule has 0 radical (unpaired) electrons. The van der Waals surface area contributed by atoms with Crippen LogP contribution >= 0.6 is 11.8 Å². The number of primary amides is 1. The van der Waals surface area contributed by atoms with Crippen LogP contribution in [0.1, 0.15) is 19.8 Å². The number of guanidine groups is 1. The summed E-state index contributed by atoms with van der Waals surface area (Å²) in [6, 6.07) is 7.12. The van der Waals surface area contributed by atoms with Gasteiger partial charge in [-0.15, -0.1) is 11.8 Å². The number of rotatable bonds is 8. The van der Waals surface area contributed by atoms with Gasteiger partial charge in [-0.3, -0.25) is 14.7 Å². The fourth-order valence-electron chi connectivity index (χ4n) is 2.84. The van der Waals surface area contributed by atoms with Crippen molar-refractivity contribution >= 4 is 23.6 Å². The molecule has 1 heterocycles. The summed E-state index contributed by atoms with van der Waals surface area (Å²) in [6.45, 7) is 5.45. The number of halogens is 1. The molecule has 0 aromatic heterocycles. The summed E-state index contributed by atoms with van der Waals surface area (Å²) < 4.78 is 13.6. The van der Waals surface area contributed by atoms with Crippen molar-refractivity contribution in [3.63, 3.8) is 0 Å². The average molecular weight is 382 g/mol. The van der Waals surface area contributed by atoms with E-state index < -0.39 is 0 Å². The van der Waals surface area contributed by atoms with Crippen molar-refractivity contribution in [3.8, 4) is 0 Å². The smallest absolute Gasteiger partial charge is 0.231 e. The summed E-state index contributed by atoms with van der Waals surface area (Å²) in [5.41, 5.74) is 5.25. The number of nitrogens with zero attached hydrogens (tertiary/aromatic N) is 2. The number of carbonyl (C=O) groups excluding carboxylic acids is 1. The fourth-order valence-corrected chi connectivity index (χ4v) is 3.63. The minimum atomic E-state index is -0.279. The molecule has 1 aromatic rings. The Bertz CT molecular complexity index is 605. The Hall–Kier alpha value is -1.80. The zero-order valence-corrected chi connectivity index (χ0v) is 16.0. The quantitative estimate of drug-likeness (QED) is 0.275. The van der Waals surface area contributed by atoms with Gasteiger partial charge < -0.3 is 16.4 Å². The summed E-state index contributed by atoms with van der Waals surface area (Å²) in [5, 5.41) is 6.70. The highest BCUT2D eigenvalue weighted by Gasteiger charge is 2.20. The van der Waals surface area contributed by atoms with Gasteiger partial charge in [-0.1, -0.05) is 12.1 Å². The van der Waals surface area contributed by atoms with Gasteiger partial charge in [0.25, 0.3) is 0 Å². The van der Waals surface area contributed by atoms with E-state index in [1.807, 2.05) is 13.0 Å². The second-order valence-electron chi connectivity index (χ2n) is 6.20. The van der Waals surface area contributed by atoms with Crippen LogP contribution in [0.4, 0.5) is 4.39 Å².